The van der Waals surface area contributed by atoms with Gasteiger partial charge in [0.05, 0.1) is 14.2 Å². The average Bonchev–Trinajstić information content (AvgIpc) is 3.08. The maximum atomic E-state index is 12.4. The van der Waals surface area contributed by atoms with Gasteiger partial charge in [0.15, 0.2) is 11.5 Å². The van der Waals surface area contributed by atoms with Crippen molar-refractivity contribution in [2.75, 3.05) is 14.2 Å². The largest absolute Gasteiger partial charge is 0.490 e. The summed E-state index contributed by atoms with van der Waals surface area (Å²) in [5.74, 6) is 0.275. The van der Waals surface area contributed by atoms with Gasteiger partial charge in [-0.25, -0.2) is 0 Å². The number of allylic oxidation sites excluding steroid dienone is 12. The molecule has 0 radical (unpaired) electrons. The van der Waals surface area contributed by atoms with Crippen LogP contribution in [0.15, 0.2) is 69.9 Å². The number of rotatable bonds is 23. The van der Waals surface area contributed by atoms with Crippen molar-refractivity contribution in [1.82, 2.24) is 0 Å². The van der Waals surface area contributed by atoms with E-state index in [1.54, 1.807) is 13.8 Å². The Morgan fingerprint density at radius 2 is 0.824 bits per heavy atom. The standard InChI is InChI=1S/C45H68O6/c1-13-40(46)50-42-38(10)39(43(51-41(47)14-2)45(49-12)44(42)48-11)31-30-37(9)29-19-28-36(8)27-18-26-35(7)25-17-24-34(6)23-16-22-33(5)21-15-20-32(3)4/h20,22,24,26,28,30H,13-19,21,23,25,27,29,31H2,1-12H3/b33-22+,34-24+,35-26+,36-28+,37-30+. The third-order valence-electron chi connectivity index (χ3n) is 8.98. The van der Waals surface area contributed by atoms with Gasteiger partial charge in [-0.3, -0.25) is 9.59 Å². The van der Waals surface area contributed by atoms with Crippen LogP contribution in [0.4, 0.5) is 0 Å². The molecular formula is C45H68O6. The zero-order valence-electron chi connectivity index (χ0n) is 34.1. The quantitative estimate of drug-likeness (QED) is 0.0641. The maximum Gasteiger partial charge on any atom is 0.311 e. The molecule has 6 heteroatoms. The lowest BCUT2D eigenvalue weighted by atomic mass is 9.99. The average molecular weight is 705 g/mol. The first kappa shape index (κ1) is 45.2. The number of benzene rings is 1. The molecule has 0 unspecified atom stereocenters. The molecule has 0 heterocycles. The lowest BCUT2D eigenvalue weighted by molar-refractivity contribution is -0.135. The summed E-state index contributed by atoms with van der Waals surface area (Å²) in [6.07, 6.45) is 25.7. The van der Waals surface area contributed by atoms with Crippen LogP contribution >= 0.6 is 0 Å². The van der Waals surface area contributed by atoms with Crippen molar-refractivity contribution in [3.8, 4) is 23.0 Å². The summed E-state index contributed by atoms with van der Waals surface area (Å²) in [4.78, 5) is 24.7. The predicted octanol–water partition coefficient (Wildman–Crippen LogP) is 12.8. The van der Waals surface area contributed by atoms with Crippen LogP contribution in [-0.2, 0) is 16.0 Å². The van der Waals surface area contributed by atoms with E-state index in [1.807, 2.05) is 6.92 Å². The molecule has 51 heavy (non-hydrogen) atoms. The van der Waals surface area contributed by atoms with E-state index in [4.69, 9.17) is 18.9 Å². The number of esters is 2. The van der Waals surface area contributed by atoms with Gasteiger partial charge in [-0.05, 0) is 126 Å². The lowest BCUT2D eigenvalue weighted by Gasteiger charge is -2.22. The molecular weight excluding hydrogens is 636 g/mol. The SMILES string of the molecule is CCC(=O)Oc1c(C)c(C/C=C(\C)CC/C=C(\C)CC/C=C(\C)CC/C=C(\C)CC/C=C(\C)CCC=C(C)C)c(OC(=O)CC)c(OC)c1OC. The minimum Gasteiger partial charge on any atom is -0.490 e. The van der Waals surface area contributed by atoms with E-state index >= 15 is 0 Å². The minimum atomic E-state index is -0.388. The van der Waals surface area contributed by atoms with E-state index in [0.29, 0.717) is 17.7 Å². The van der Waals surface area contributed by atoms with Gasteiger partial charge in [0.1, 0.15) is 0 Å². The molecule has 0 aromatic heterocycles. The highest BCUT2D eigenvalue weighted by atomic mass is 16.6. The molecule has 1 aromatic carbocycles. The molecule has 0 aliphatic rings. The Hall–Kier alpha value is -3.80. The first-order valence-corrected chi connectivity index (χ1v) is 18.9. The van der Waals surface area contributed by atoms with Gasteiger partial charge in [0, 0.05) is 24.0 Å². The summed E-state index contributed by atoms with van der Waals surface area (Å²) in [5.41, 5.74) is 9.86. The molecule has 0 aliphatic heterocycles. The summed E-state index contributed by atoms with van der Waals surface area (Å²) in [6, 6.07) is 0. The van der Waals surface area contributed by atoms with Crippen molar-refractivity contribution >= 4 is 11.9 Å². The molecule has 0 saturated carbocycles. The van der Waals surface area contributed by atoms with Gasteiger partial charge in [0.25, 0.3) is 0 Å². The first-order valence-electron chi connectivity index (χ1n) is 18.9. The molecule has 0 aliphatic carbocycles. The monoisotopic (exact) mass is 705 g/mol. The zero-order valence-corrected chi connectivity index (χ0v) is 34.1. The first-order chi connectivity index (χ1) is 24.3. The van der Waals surface area contributed by atoms with Crippen LogP contribution < -0.4 is 18.9 Å². The molecule has 6 nitrogen and oxygen atoms in total. The maximum absolute atomic E-state index is 12.4. The number of hydrogen-bond acceptors (Lipinski definition) is 6. The topological polar surface area (TPSA) is 71.1 Å². The highest BCUT2D eigenvalue weighted by molar-refractivity contribution is 5.79. The summed E-state index contributed by atoms with van der Waals surface area (Å²) >= 11 is 0. The van der Waals surface area contributed by atoms with Gasteiger partial charge >= 0.3 is 11.9 Å². The fourth-order valence-electron chi connectivity index (χ4n) is 5.60. The summed E-state index contributed by atoms with van der Waals surface area (Å²) in [5, 5.41) is 0. The number of carbonyl (C=O) groups is 2. The molecule has 1 rings (SSSR count). The van der Waals surface area contributed by atoms with Gasteiger partial charge in [-0.15, -0.1) is 0 Å². The molecule has 0 amide bonds. The van der Waals surface area contributed by atoms with Crippen LogP contribution in [0.2, 0.25) is 0 Å². The van der Waals surface area contributed by atoms with Gasteiger partial charge in [0.2, 0.25) is 11.5 Å². The molecule has 0 fully saturated rings. The number of methoxy groups -OCH3 is 2. The van der Waals surface area contributed by atoms with Gasteiger partial charge in [-0.1, -0.05) is 83.7 Å². The molecule has 0 bridgehead atoms. The van der Waals surface area contributed by atoms with E-state index in [2.05, 4.69) is 84.9 Å². The second-order valence-corrected chi connectivity index (χ2v) is 13.9. The number of ether oxygens (including phenoxy) is 4. The van der Waals surface area contributed by atoms with Crippen LogP contribution in [-0.4, -0.2) is 26.2 Å². The van der Waals surface area contributed by atoms with E-state index < -0.39 is 0 Å². The molecule has 0 atom stereocenters. The molecule has 0 spiro atoms. The zero-order chi connectivity index (χ0) is 38.3. The molecule has 0 saturated heterocycles. The predicted molar refractivity (Wildman–Crippen MR) is 214 cm³/mol. The Kier molecular flexibility index (Phi) is 22.3. The molecule has 1 aromatic rings. The fourth-order valence-corrected chi connectivity index (χ4v) is 5.60. The molecule has 284 valence electrons. The fraction of sp³-hybridized carbons (Fsp3) is 0.556. The Balaban J connectivity index is 2.76. The van der Waals surface area contributed by atoms with Crippen LogP contribution in [0.3, 0.4) is 0 Å². The summed E-state index contributed by atoms with van der Waals surface area (Å²) < 4.78 is 22.6. The van der Waals surface area contributed by atoms with Crippen molar-refractivity contribution in [2.24, 2.45) is 0 Å². The van der Waals surface area contributed by atoms with E-state index in [1.165, 1.54) is 47.7 Å². The summed E-state index contributed by atoms with van der Waals surface area (Å²) in [7, 11) is 2.95. The lowest BCUT2D eigenvalue weighted by Crippen LogP contribution is -2.13. The summed E-state index contributed by atoms with van der Waals surface area (Å²) in [6.45, 7) is 20.7. The van der Waals surface area contributed by atoms with Crippen LogP contribution in [0, 0.1) is 6.92 Å². The van der Waals surface area contributed by atoms with Gasteiger partial charge < -0.3 is 18.9 Å². The Bertz CT molecular complexity index is 1460. The Morgan fingerprint density at radius 1 is 0.490 bits per heavy atom. The molecule has 0 N–H and O–H groups in total. The second-order valence-electron chi connectivity index (χ2n) is 13.9. The van der Waals surface area contributed by atoms with Crippen molar-refractivity contribution in [1.29, 1.82) is 0 Å². The number of hydrogen-bond donors (Lipinski definition) is 0. The minimum absolute atomic E-state index is 0.208. The normalized spacial score (nSPS) is 12.9. The van der Waals surface area contributed by atoms with E-state index in [0.717, 1.165) is 69.8 Å². The van der Waals surface area contributed by atoms with Crippen LogP contribution in [0.5, 0.6) is 23.0 Å². The Labute approximate surface area is 310 Å². The smallest absolute Gasteiger partial charge is 0.311 e. The van der Waals surface area contributed by atoms with Crippen molar-refractivity contribution in [3.05, 3.63) is 81.0 Å². The van der Waals surface area contributed by atoms with Crippen molar-refractivity contribution in [3.63, 3.8) is 0 Å². The second kappa shape index (κ2) is 25.2. The van der Waals surface area contributed by atoms with Crippen molar-refractivity contribution in [2.45, 2.75) is 153 Å². The van der Waals surface area contributed by atoms with E-state index in [-0.39, 0.29) is 42.0 Å². The van der Waals surface area contributed by atoms with Gasteiger partial charge in [-0.2, -0.15) is 0 Å². The third-order valence-corrected chi connectivity index (χ3v) is 8.98. The van der Waals surface area contributed by atoms with Crippen LogP contribution in [0.1, 0.15) is 150 Å². The highest BCUT2D eigenvalue weighted by Crippen LogP contribution is 2.50. The highest BCUT2D eigenvalue weighted by Gasteiger charge is 2.28. The number of carbonyl (C=O) groups excluding carboxylic acids is 2. The third kappa shape index (κ3) is 17.8. The van der Waals surface area contributed by atoms with Crippen LogP contribution in [0.25, 0.3) is 0 Å². The van der Waals surface area contributed by atoms with Crippen molar-refractivity contribution < 1.29 is 28.5 Å². The Morgan fingerprint density at radius 3 is 1.18 bits per heavy atom. The van der Waals surface area contributed by atoms with E-state index in [9.17, 15) is 9.59 Å².